The maximum Gasteiger partial charge on any atom is 0.268 e. The predicted octanol–water partition coefficient (Wildman–Crippen LogP) is 5.76. The number of rotatable bonds is 9. The Morgan fingerprint density at radius 3 is 2.81 bits per heavy atom. The van der Waals surface area contributed by atoms with Crippen LogP contribution in [0.15, 0.2) is 71.7 Å². The molecule has 0 unspecified atom stereocenters. The van der Waals surface area contributed by atoms with Crippen LogP contribution in [-0.4, -0.2) is 47.3 Å². The first-order chi connectivity index (χ1) is 17.9. The highest BCUT2D eigenvalue weighted by Gasteiger charge is 2.21. The lowest BCUT2D eigenvalue weighted by molar-refractivity contribution is 0.102. The molecule has 0 atom stereocenters. The lowest BCUT2D eigenvalue weighted by Crippen LogP contribution is -2.24. The Kier molecular flexibility index (Phi) is 6.98. The van der Waals surface area contributed by atoms with Crippen molar-refractivity contribution >= 4 is 50.7 Å². The summed E-state index contributed by atoms with van der Waals surface area (Å²) in [7, 11) is -1.29. The predicted molar refractivity (Wildman–Crippen MR) is 147 cm³/mol. The van der Waals surface area contributed by atoms with Crippen molar-refractivity contribution in [3.05, 3.63) is 77.9 Å². The molecule has 0 spiro atoms. The molecule has 0 saturated heterocycles. The van der Waals surface area contributed by atoms with Crippen molar-refractivity contribution in [2.75, 3.05) is 22.4 Å². The number of hydrogen-bond acceptors (Lipinski definition) is 9. The third kappa shape index (κ3) is 5.23. The summed E-state index contributed by atoms with van der Waals surface area (Å²) >= 11 is 1.30. The molecule has 5 rings (SSSR count). The van der Waals surface area contributed by atoms with Gasteiger partial charge in [-0.3, -0.25) is 28.5 Å². The standard InChI is InChI=1S/C25H26N6O4S2/c1-3-37(33,34)30(2)18-7-8-20-19(14-18)28-25(31(20)13-11-17-6-4-5-12-27-17)29-24(32)23-10-9-22(36-23)21-15-26-16-35-21/h4-10,12,14-16,33-34H,3,11,13H2,1-2H3,(H,28,29,32). The number of pyridine rings is 1. The second kappa shape index (κ2) is 10.3. The number of amides is 1. The maximum atomic E-state index is 13.2. The molecule has 192 valence electrons. The highest BCUT2D eigenvalue weighted by molar-refractivity contribution is 8.25. The molecular formula is C25H26N6O4S2. The van der Waals surface area contributed by atoms with Gasteiger partial charge in [0.15, 0.2) is 12.2 Å². The van der Waals surface area contributed by atoms with E-state index in [2.05, 4.69) is 15.3 Å². The first kappa shape index (κ1) is 25.0. The van der Waals surface area contributed by atoms with Crippen LogP contribution in [0.1, 0.15) is 22.3 Å². The highest BCUT2D eigenvalue weighted by atomic mass is 32.3. The Morgan fingerprint density at radius 2 is 2.08 bits per heavy atom. The first-order valence-corrected chi connectivity index (χ1v) is 14.0. The molecule has 0 radical (unpaired) electrons. The fourth-order valence-electron chi connectivity index (χ4n) is 3.86. The molecule has 1 amide bonds. The van der Waals surface area contributed by atoms with E-state index in [9.17, 15) is 13.9 Å². The van der Waals surface area contributed by atoms with Gasteiger partial charge in [0.05, 0.1) is 38.4 Å². The summed E-state index contributed by atoms with van der Waals surface area (Å²) in [6.07, 6.45) is 5.35. The van der Waals surface area contributed by atoms with Crippen molar-refractivity contribution in [3.63, 3.8) is 0 Å². The van der Waals surface area contributed by atoms with E-state index in [-0.39, 0.29) is 11.7 Å². The molecule has 0 aliphatic rings. The summed E-state index contributed by atoms with van der Waals surface area (Å²) in [5.41, 5.74) is 2.98. The van der Waals surface area contributed by atoms with Gasteiger partial charge in [0.1, 0.15) is 0 Å². The second-order valence-electron chi connectivity index (χ2n) is 8.23. The zero-order valence-electron chi connectivity index (χ0n) is 20.2. The SMILES string of the molecule is CCS(O)(O)N(C)c1ccc2c(c1)nc(NC(=O)c1ccc(-c3cnco3)s1)n2CCc1ccccn1. The van der Waals surface area contributed by atoms with E-state index < -0.39 is 10.8 Å². The van der Waals surface area contributed by atoms with Crippen molar-refractivity contribution in [2.24, 2.45) is 0 Å². The summed E-state index contributed by atoms with van der Waals surface area (Å²) in [6, 6.07) is 14.8. The van der Waals surface area contributed by atoms with Crippen LogP contribution in [0.25, 0.3) is 21.7 Å². The van der Waals surface area contributed by atoms with E-state index in [0.717, 1.165) is 16.1 Å². The minimum atomic E-state index is -2.93. The fourth-order valence-corrected chi connectivity index (χ4v) is 5.56. The zero-order valence-corrected chi connectivity index (χ0v) is 21.9. The van der Waals surface area contributed by atoms with Gasteiger partial charge in [-0.2, -0.15) is 0 Å². The van der Waals surface area contributed by atoms with Gasteiger partial charge in [-0.25, -0.2) is 9.97 Å². The Morgan fingerprint density at radius 1 is 1.22 bits per heavy atom. The Labute approximate surface area is 219 Å². The molecule has 0 aliphatic carbocycles. The second-order valence-corrected chi connectivity index (χ2v) is 11.7. The quantitative estimate of drug-likeness (QED) is 0.216. The lowest BCUT2D eigenvalue weighted by atomic mass is 10.2. The van der Waals surface area contributed by atoms with Gasteiger partial charge in [-0.1, -0.05) is 6.07 Å². The molecule has 10 nitrogen and oxygen atoms in total. The van der Waals surface area contributed by atoms with Gasteiger partial charge in [-0.05, 0) is 49.4 Å². The van der Waals surface area contributed by atoms with Crippen LogP contribution < -0.4 is 9.62 Å². The smallest absolute Gasteiger partial charge is 0.268 e. The summed E-state index contributed by atoms with van der Waals surface area (Å²) in [6.45, 7) is 2.26. The van der Waals surface area contributed by atoms with Gasteiger partial charge < -0.3 is 8.98 Å². The molecular weight excluding hydrogens is 512 g/mol. The zero-order chi connectivity index (χ0) is 26.0. The number of nitrogens with zero attached hydrogens (tertiary/aromatic N) is 5. The van der Waals surface area contributed by atoms with Crippen LogP contribution in [0.5, 0.6) is 0 Å². The molecule has 3 N–H and O–H groups in total. The van der Waals surface area contributed by atoms with Crippen molar-refractivity contribution in [2.45, 2.75) is 19.9 Å². The number of oxazole rings is 1. The van der Waals surface area contributed by atoms with E-state index in [0.29, 0.717) is 40.8 Å². The third-order valence-corrected chi connectivity index (χ3v) is 8.93. The lowest BCUT2D eigenvalue weighted by Gasteiger charge is -2.41. The van der Waals surface area contributed by atoms with E-state index in [1.165, 1.54) is 22.0 Å². The largest absolute Gasteiger partial charge is 0.443 e. The van der Waals surface area contributed by atoms with Crippen LogP contribution in [0.3, 0.4) is 0 Å². The van der Waals surface area contributed by atoms with E-state index in [1.807, 2.05) is 41.0 Å². The molecule has 0 saturated carbocycles. The fraction of sp³-hybridized carbons (Fsp3) is 0.200. The van der Waals surface area contributed by atoms with Gasteiger partial charge in [0, 0.05) is 31.9 Å². The number of nitrogens with one attached hydrogen (secondary N) is 1. The number of aryl methyl sites for hydroxylation is 2. The van der Waals surface area contributed by atoms with E-state index >= 15 is 0 Å². The van der Waals surface area contributed by atoms with Gasteiger partial charge in [-0.15, -0.1) is 22.1 Å². The van der Waals surface area contributed by atoms with Crippen molar-refractivity contribution < 1.29 is 18.3 Å². The monoisotopic (exact) mass is 538 g/mol. The average molecular weight is 539 g/mol. The number of benzene rings is 1. The number of hydrogen-bond donors (Lipinski definition) is 3. The van der Waals surface area contributed by atoms with Gasteiger partial charge in [0.2, 0.25) is 5.95 Å². The molecule has 5 aromatic rings. The normalized spacial score (nSPS) is 12.1. The Balaban J connectivity index is 1.47. The minimum Gasteiger partial charge on any atom is -0.443 e. The summed E-state index contributed by atoms with van der Waals surface area (Å²) < 4.78 is 29.5. The van der Waals surface area contributed by atoms with Crippen LogP contribution in [0.2, 0.25) is 0 Å². The van der Waals surface area contributed by atoms with Gasteiger partial charge in [0.25, 0.3) is 5.91 Å². The molecule has 12 heteroatoms. The maximum absolute atomic E-state index is 13.2. The van der Waals surface area contributed by atoms with Crippen LogP contribution in [0, 0.1) is 0 Å². The van der Waals surface area contributed by atoms with Crippen LogP contribution in [-0.2, 0) is 13.0 Å². The summed E-state index contributed by atoms with van der Waals surface area (Å²) in [5.74, 6) is 0.912. The van der Waals surface area contributed by atoms with Crippen LogP contribution >= 0.6 is 22.1 Å². The molecule has 0 aliphatic heterocycles. The van der Waals surface area contributed by atoms with E-state index in [1.54, 1.807) is 38.5 Å². The number of anilines is 2. The molecule has 0 fully saturated rings. The summed E-state index contributed by atoms with van der Waals surface area (Å²) in [4.78, 5) is 27.5. The third-order valence-electron chi connectivity index (χ3n) is 5.97. The Bertz CT molecular complexity index is 1520. The summed E-state index contributed by atoms with van der Waals surface area (Å²) in [5, 5.41) is 2.95. The number of thiophene rings is 1. The topological polar surface area (TPSA) is 130 Å². The van der Waals surface area contributed by atoms with Crippen molar-refractivity contribution in [3.8, 4) is 10.6 Å². The molecule has 4 heterocycles. The minimum absolute atomic E-state index is 0.207. The number of fused-ring (bicyclic) bond motifs is 1. The van der Waals surface area contributed by atoms with Crippen molar-refractivity contribution in [1.82, 2.24) is 19.5 Å². The molecule has 37 heavy (non-hydrogen) atoms. The number of imidazole rings is 1. The Hall–Kier alpha value is -3.71. The highest BCUT2D eigenvalue weighted by Crippen LogP contribution is 2.44. The van der Waals surface area contributed by atoms with Crippen molar-refractivity contribution in [1.29, 1.82) is 0 Å². The van der Waals surface area contributed by atoms with Crippen LogP contribution in [0.4, 0.5) is 11.6 Å². The van der Waals surface area contributed by atoms with E-state index in [4.69, 9.17) is 9.40 Å². The molecule has 4 aromatic heterocycles. The van der Waals surface area contributed by atoms with Gasteiger partial charge >= 0.3 is 0 Å². The first-order valence-electron chi connectivity index (χ1n) is 11.6. The average Bonchev–Trinajstić information content (AvgIpc) is 3.67. The number of aromatic nitrogens is 4. The molecule has 0 bridgehead atoms. The number of carbonyl (C=O) groups is 1. The number of carbonyl (C=O) groups excluding carboxylic acids is 1. The molecule has 1 aromatic carbocycles.